The highest BCUT2D eigenvalue weighted by Crippen LogP contribution is 2.37. The summed E-state index contributed by atoms with van der Waals surface area (Å²) in [5, 5.41) is 1.06. The van der Waals surface area contributed by atoms with E-state index in [2.05, 4.69) is 9.88 Å². The van der Waals surface area contributed by atoms with Crippen LogP contribution in [0, 0.1) is 0 Å². The SMILES string of the molecule is Nc1nc(CN2CCN(S(=O)(=O)Cc3ccccc3)CC2)nc2sc3c(c12)CCCC3. The molecule has 0 unspecified atom stereocenters. The predicted octanol–water partition coefficient (Wildman–Crippen LogP) is 2.80. The highest BCUT2D eigenvalue weighted by Gasteiger charge is 2.28. The monoisotopic (exact) mass is 457 g/mol. The number of aryl methyl sites for hydroxylation is 2. The molecule has 31 heavy (non-hydrogen) atoms. The number of anilines is 1. The van der Waals surface area contributed by atoms with Crippen molar-refractivity contribution in [3.8, 4) is 0 Å². The zero-order chi connectivity index (χ0) is 21.4. The maximum absolute atomic E-state index is 12.8. The summed E-state index contributed by atoms with van der Waals surface area (Å²) in [6, 6.07) is 9.35. The maximum Gasteiger partial charge on any atom is 0.218 e. The maximum atomic E-state index is 12.8. The van der Waals surface area contributed by atoms with Crippen molar-refractivity contribution in [1.82, 2.24) is 19.2 Å². The number of hydrogen-bond acceptors (Lipinski definition) is 7. The highest BCUT2D eigenvalue weighted by molar-refractivity contribution is 7.88. The fraction of sp³-hybridized carbons (Fsp3) is 0.455. The minimum Gasteiger partial charge on any atom is -0.383 e. The number of fused-ring (bicyclic) bond motifs is 3. The van der Waals surface area contributed by atoms with Crippen molar-refractivity contribution in [2.24, 2.45) is 0 Å². The van der Waals surface area contributed by atoms with Gasteiger partial charge in [0.1, 0.15) is 16.5 Å². The van der Waals surface area contributed by atoms with E-state index in [-0.39, 0.29) is 5.75 Å². The molecule has 2 aromatic heterocycles. The molecular weight excluding hydrogens is 430 g/mol. The fourth-order valence-corrected chi connectivity index (χ4v) is 7.35. The summed E-state index contributed by atoms with van der Waals surface area (Å²) in [6.07, 6.45) is 4.63. The van der Waals surface area contributed by atoms with Gasteiger partial charge >= 0.3 is 0 Å². The van der Waals surface area contributed by atoms with Gasteiger partial charge in [0.15, 0.2) is 0 Å². The topological polar surface area (TPSA) is 92.4 Å². The minimum atomic E-state index is -3.31. The summed E-state index contributed by atoms with van der Waals surface area (Å²) in [5.74, 6) is 1.36. The molecule has 0 saturated carbocycles. The summed E-state index contributed by atoms with van der Waals surface area (Å²) < 4.78 is 27.1. The van der Waals surface area contributed by atoms with Crippen LogP contribution < -0.4 is 5.73 Å². The standard InChI is InChI=1S/C22H27N5O2S2/c23-21-20-17-8-4-5-9-18(17)30-22(20)25-19(24-21)14-26-10-12-27(13-11-26)31(28,29)15-16-6-2-1-3-7-16/h1-3,6-7H,4-5,8-15H2,(H2,23,24,25). The third kappa shape index (κ3) is 4.32. The number of thiophene rings is 1. The molecule has 1 fully saturated rings. The second-order valence-corrected chi connectivity index (χ2v) is 11.4. The van der Waals surface area contributed by atoms with Crippen LogP contribution in [0.3, 0.4) is 0 Å². The van der Waals surface area contributed by atoms with E-state index in [1.807, 2.05) is 30.3 Å². The average Bonchev–Trinajstić information content (AvgIpc) is 3.13. The molecule has 0 radical (unpaired) electrons. The lowest BCUT2D eigenvalue weighted by atomic mass is 9.97. The van der Waals surface area contributed by atoms with Gasteiger partial charge in [-0.15, -0.1) is 11.3 Å². The minimum absolute atomic E-state index is 0.0488. The fourth-order valence-electron chi connectivity index (χ4n) is 4.54. The molecule has 1 aliphatic carbocycles. The number of nitrogen functional groups attached to an aromatic ring is 1. The quantitative estimate of drug-likeness (QED) is 0.633. The molecule has 2 aliphatic rings. The molecule has 0 atom stereocenters. The van der Waals surface area contributed by atoms with E-state index in [1.54, 1.807) is 15.6 Å². The Labute approximate surface area is 187 Å². The zero-order valence-electron chi connectivity index (χ0n) is 17.5. The first-order chi connectivity index (χ1) is 15.0. The molecule has 7 nitrogen and oxygen atoms in total. The van der Waals surface area contributed by atoms with E-state index in [4.69, 9.17) is 10.7 Å². The van der Waals surface area contributed by atoms with E-state index in [0.29, 0.717) is 38.5 Å². The average molecular weight is 458 g/mol. The number of piperazine rings is 1. The Bertz CT molecular complexity index is 1190. The number of benzene rings is 1. The molecule has 1 saturated heterocycles. The summed E-state index contributed by atoms with van der Waals surface area (Å²) in [6.45, 7) is 2.89. The first-order valence-electron chi connectivity index (χ1n) is 10.8. The van der Waals surface area contributed by atoms with Crippen LogP contribution in [0.5, 0.6) is 0 Å². The first kappa shape index (κ1) is 20.8. The van der Waals surface area contributed by atoms with Crippen LogP contribution in [0.25, 0.3) is 10.2 Å². The highest BCUT2D eigenvalue weighted by atomic mass is 32.2. The Kier molecular flexibility index (Phi) is 5.68. The van der Waals surface area contributed by atoms with Crippen molar-refractivity contribution in [3.05, 3.63) is 52.2 Å². The molecule has 5 rings (SSSR count). The second kappa shape index (κ2) is 8.46. The lowest BCUT2D eigenvalue weighted by molar-refractivity contribution is 0.178. The van der Waals surface area contributed by atoms with Crippen molar-refractivity contribution in [1.29, 1.82) is 0 Å². The second-order valence-electron chi connectivity index (χ2n) is 8.33. The van der Waals surface area contributed by atoms with Gasteiger partial charge in [-0.3, -0.25) is 4.90 Å². The number of hydrogen-bond donors (Lipinski definition) is 1. The van der Waals surface area contributed by atoms with E-state index in [0.717, 1.165) is 34.4 Å². The van der Waals surface area contributed by atoms with Crippen molar-refractivity contribution >= 4 is 37.4 Å². The molecule has 2 N–H and O–H groups in total. The van der Waals surface area contributed by atoms with Crippen molar-refractivity contribution < 1.29 is 8.42 Å². The van der Waals surface area contributed by atoms with Crippen molar-refractivity contribution in [2.45, 2.75) is 38.0 Å². The molecule has 9 heteroatoms. The van der Waals surface area contributed by atoms with E-state index >= 15 is 0 Å². The molecular formula is C22H27N5O2S2. The molecule has 3 aromatic rings. The van der Waals surface area contributed by atoms with E-state index < -0.39 is 10.0 Å². The van der Waals surface area contributed by atoms with Gasteiger partial charge in [0.2, 0.25) is 10.0 Å². The predicted molar refractivity (Wildman–Crippen MR) is 124 cm³/mol. The van der Waals surface area contributed by atoms with E-state index in [9.17, 15) is 8.42 Å². The normalized spacial score (nSPS) is 18.3. The Morgan fingerprint density at radius 1 is 1.00 bits per heavy atom. The lowest BCUT2D eigenvalue weighted by Crippen LogP contribution is -2.48. The van der Waals surface area contributed by atoms with Gasteiger partial charge in [-0.2, -0.15) is 4.31 Å². The van der Waals surface area contributed by atoms with Crippen molar-refractivity contribution in [3.63, 3.8) is 0 Å². The van der Waals surface area contributed by atoms with Crippen LogP contribution in [0.15, 0.2) is 30.3 Å². The number of aromatic nitrogens is 2. The van der Waals surface area contributed by atoms with Crippen LogP contribution in [0.2, 0.25) is 0 Å². The number of nitrogens with two attached hydrogens (primary N) is 1. The van der Waals surface area contributed by atoms with Crippen LogP contribution in [-0.4, -0.2) is 53.8 Å². The summed E-state index contributed by atoms with van der Waals surface area (Å²) in [5.41, 5.74) is 8.51. The summed E-state index contributed by atoms with van der Waals surface area (Å²) >= 11 is 1.76. The van der Waals surface area contributed by atoms with Crippen LogP contribution in [0.4, 0.5) is 5.82 Å². The third-order valence-electron chi connectivity index (χ3n) is 6.17. The van der Waals surface area contributed by atoms with Gasteiger partial charge in [-0.05, 0) is 36.8 Å². The first-order valence-corrected chi connectivity index (χ1v) is 13.2. The molecule has 0 bridgehead atoms. The largest absolute Gasteiger partial charge is 0.383 e. The van der Waals surface area contributed by atoms with Crippen molar-refractivity contribution in [2.75, 3.05) is 31.9 Å². The van der Waals surface area contributed by atoms with Gasteiger partial charge in [0.05, 0.1) is 17.7 Å². The van der Waals surface area contributed by atoms with Gasteiger partial charge in [-0.25, -0.2) is 18.4 Å². The molecule has 3 heterocycles. The van der Waals surface area contributed by atoms with Gasteiger partial charge in [-0.1, -0.05) is 30.3 Å². The smallest absolute Gasteiger partial charge is 0.218 e. The van der Waals surface area contributed by atoms with E-state index in [1.165, 1.54) is 23.3 Å². The molecule has 164 valence electrons. The Balaban J connectivity index is 1.25. The Hall–Kier alpha value is -2.07. The van der Waals surface area contributed by atoms with Crippen LogP contribution in [0.1, 0.15) is 34.7 Å². The van der Waals surface area contributed by atoms with Gasteiger partial charge in [0, 0.05) is 31.1 Å². The van der Waals surface area contributed by atoms with Gasteiger partial charge < -0.3 is 5.73 Å². The Morgan fingerprint density at radius 2 is 1.74 bits per heavy atom. The third-order valence-corrected chi connectivity index (χ3v) is 9.21. The van der Waals surface area contributed by atoms with Crippen LogP contribution in [-0.2, 0) is 35.2 Å². The molecule has 0 spiro atoms. The Morgan fingerprint density at radius 3 is 2.52 bits per heavy atom. The number of sulfonamides is 1. The lowest BCUT2D eigenvalue weighted by Gasteiger charge is -2.33. The summed E-state index contributed by atoms with van der Waals surface area (Å²) in [7, 11) is -3.31. The number of nitrogens with zero attached hydrogens (tertiary/aromatic N) is 4. The van der Waals surface area contributed by atoms with Gasteiger partial charge in [0.25, 0.3) is 0 Å². The summed E-state index contributed by atoms with van der Waals surface area (Å²) in [4.78, 5) is 14.0. The zero-order valence-corrected chi connectivity index (χ0v) is 19.1. The molecule has 0 amide bonds. The van der Waals surface area contributed by atoms with Crippen LogP contribution >= 0.6 is 11.3 Å². The number of rotatable bonds is 5. The molecule has 1 aliphatic heterocycles. The molecule has 1 aromatic carbocycles.